The molecule has 110 valence electrons. The summed E-state index contributed by atoms with van der Waals surface area (Å²) < 4.78 is 63.8. The zero-order valence-corrected chi connectivity index (χ0v) is 12.1. The predicted molar refractivity (Wildman–Crippen MR) is 73.9 cm³/mol. The molecule has 0 saturated heterocycles. The van der Waals surface area contributed by atoms with Gasteiger partial charge in [0.05, 0.1) is 0 Å². The molecule has 1 rings (SSSR count). The van der Waals surface area contributed by atoms with E-state index in [0.29, 0.717) is 5.56 Å². The van der Waals surface area contributed by atoms with Crippen LogP contribution < -0.4 is 0 Å². The van der Waals surface area contributed by atoms with Crippen molar-refractivity contribution in [3.8, 4) is 0 Å². The van der Waals surface area contributed by atoms with Gasteiger partial charge in [-0.05, 0) is 30.0 Å². The summed E-state index contributed by atoms with van der Waals surface area (Å²) in [5.41, 5.74) is 0.539. The predicted octanol–water partition coefficient (Wildman–Crippen LogP) is 1.64. The summed E-state index contributed by atoms with van der Waals surface area (Å²) in [7, 11) is -9.62. The van der Waals surface area contributed by atoms with Crippen LogP contribution in [0.15, 0.2) is 47.2 Å². The monoisotopic (exact) mass is 318 g/mol. The van der Waals surface area contributed by atoms with Crippen molar-refractivity contribution in [2.24, 2.45) is 0 Å². The van der Waals surface area contributed by atoms with Crippen LogP contribution in [0.25, 0.3) is 0 Å². The van der Waals surface area contributed by atoms with Crippen molar-refractivity contribution in [3.63, 3.8) is 0 Å². The number of rotatable bonds is 6. The molecule has 0 aliphatic heterocycles. The van der Waals surface area contributed by atoms with E-state index in [-0.39, 0.29) is 18.4 Å². The minimum Gasteiger partial charge on any atom is -0.282 e. The summed E-state index contributed by atoms with van der Waals surface area (Å²) >= 11 is 0. The molecule has 0 bridgehead atoms. The van der Waals surface area contributed by atoms with Gasteiger partial charge in [-0.2, -0.15) is 16.8 Å². The summed E-state index contributed by atoms with van der Waals surface area (Å²) in [5, 5.41) is 0. The smallest absolute Gasteiger partial charge is 0.282 e. The van der Waals surface area contributed by atoms with E-state index in [2.05, 4.69) is 13.2 Å². The summed E-state index contributed by atoms with van der Waals surface area (Å²) in [4.78, 5) is -1.68. The van der Waals surface area contributed by atoms with Crippen molar-refractivity contribution in [1.82, 2.24) is 0 Å². The van der Waals surface area contributed by atoms with Gasteiger partial charge in [0.1, 0.15) is 9.79 Å². The number of hydrogen-bond acceptors (Lipinski definition) is 4. The van der Waals surface area contributed by atoms with Gasteiger partial charge in [-0.25, -0.2) is 0 Å². The normalized spacial score (nSPS) is 12.1. The zero-order chi connectivity index (χ0) is 15.6. The molecule has 0 amide bonds. The van der Waals surface area contributed by atoms with Crippen molar-refractivity contribution in [1.29, 1.82) is 0 Å². The lowest BCUT2D eigenvalue weighted by Gasteiger charge is -2.13. The van der Waals surface area contributed by atoms with Gasteiger partial charge < -0.3 is 0 Å². The Morgan fingerprint density at radius 2 is 1.50 bits per heavy atom. The Labute approximate surface area is 117 Å². The standard InChI is InChI=1S/C12H14O6S2/c1-3-5-9-7-8-11(19(13,14)15)12(20(16,17)18)10(9)6-4-2/h3-4,7-8H,1-2,5-6H2,(H,13,14,15)(H,16,17,18). The molecule has 8 heteroatoms. The van der Waals surface area contributed by atoms with Crippen molar-refractivity contribution < 1.29 is 25.9 Å². The van der Waals surface area contributed by atoms with Gasteiger partial charge in [-0.15, -0.1) is 13.2 Å². The van der Waals surface area contributed by atoms with Crippen LogP contribution in [-0.4, -0.2) is 25.9 Å². The molecule has 6 nitrogen and oxygen atoms in total. The Bertz CT molecular complexity index is 744. The summed E-state index contributed by atoms with van der Waals surface area (Å²) in [6.45, 7) is 6.97. The van der Waals surface area contributed by atoms with E-state index >= 15 is 0 Å². The lowest BCUT2D eigenvalue weighted by molar-refractivity contribution is 0.465. The summed E-state index contributed by atoms with van der Waals surface area (Å²) in [6, 6.07) is 2.29. The molecule has 20 heavy (non-hydrogen) atoms. The van der Waals surface area contributed by atoms with Crippen molar-refractivity contribution in [2.45, 2.75) is 22.6 Å². The molecule has 0 spiro atoms. The lowest BCUT2D eigenvalue weighted by Crippen LogP contribution is -2.13. The van der Waals surface area contributed by atoms with Crippen LogP contribution >= 0.6 is 0 Å². The Kier molecular flexibility index (Phi) is 4.87. The fraction of sp³-hybridized carbons (Fsp3) is 0.167. The SMILES string of the molecule is C=CCc1ccc(S(=O)(=O)O)c(S(=O)(=O)O)c1CC=C. The van der Waals surface area contributed by atoms with Crippen LogP contribution in [0.1, 0.15) is 11.1 Å². The quantitative estimate of drug-likeness (QED) is 0.609. The van der Waals surface area contributed by atoms with Crippen molar-refractivity contribution >= 4 is 20.2 Å². The molecule has 0 aliphatic rings. The Balaban J connectivity index is 3.89. The second-order valence-corrected chi connectivity index (χ2v) is 6.71. The van der Waals surface area contributed by atoms with Crippen LogP contribution in [0.3, 0.4) is 0 Å². The first kappa shape index (κ1) is 16.6. The average Bonchev–Trinajstić information content (AvgIpc) is 2.28. The number of hydrogen-bond donors (Lipinski definition) is 2. The van der Waals surface area contributed by atoms with E-state index in [0.717, 1.165) is 6.07 Å². The molecule has 0 atom stereocenters. The van der Waals surface area contributed by atoms with E-state index in [1.165, 1.54) is 18.2 Å². The van der Waals surface area contributed by atoms with Crippen molar-refractivity contribution in [2.75, 3.05) is 0 Å². The molecule has 2 N–H and O–H groups in total. The van der Waals surface area contributed by atoms with E-state index in [9.17, 15) is 21.4 Å². The highest BCUT2D eigenvalue weighted by Gasteiger charge is 2.28. The Morgan fingerprint density at radius 3 is 1.90 bits per heavy atom. The van der Waals surface area contributed by atoms with Crippen LogP contribution in [0, 0.1) is 0 Å². The molecule has 1 aromatic carbocycles. The van der Waals surface area contributed by atoms with Gasteiger partial charge in [-0.1, -0.05) is 18.2 Å². The molecule has 0 heterocycles. The topological polar surface area (TPSA) is 109 Å². The van der Waals surface area contributed by atoms with E-state index in [4.69, 9.17) is 4.55 Å². The van der Waals surface area contributed by atoms with Gasteiger partial charge in [0.25, 0.3) is 20.2 Å². The number of allylic oxidation sites excluding steroid dienone is 2. The van der Waals surface area contributed by atoms with E-state index in [1.807, 2.05) is 0 Å². The number of benzene rings is 1. The van der Waals surface area contributed by atoms with Crippen LogP contribution in [0.2, 0.25) is 0 Å². The van der Waals surface area contributed by atoms with Gasteiger partial charge in [0, 0.05) is 0 Å². The summed E-state index contributed by atoms with van der Waals surface area (Å²) in [6.07, 6.45) is 3.16. The second kappa shape index (κ2) is 5.88. The fourth-order valence-corrected chi connectivity index (χ4v) is 3.93. The third kappa shape index (κ3) is 3.54. The largest absolute Gasteiger partial charge is 0.296 e. The average molecular weight is 318 g/mol. The molecule has 0 saturated carbocycles. The second-order valence-electron chi connectivity index (χ2n) is 3.97. The van der Waals surface area contributed by atoms with E-state index < -0.39 is 30.0 Å². The van der Waals surface area contributed by atoms with Crippen LogP contribution in [-0.2, 0) is 33.1 Å². The van der Waals surface area contributed by atoms with Crippen LogP contribution in [0.4, 0.5) is 0 Å². The fourth-order valence-electron chi connectivity index (χ4n) is 1.85. The minimum absolute atomic E-state index is 0.0155. The van der Waals surface area contributed by atoms with Crippen LogP contribution in [0.5, 0.6) is 0 Å². The zero-order valence-electron chi connectivity index (χ0n) is 10.5. The Hall–Kier alpha value is -1.48. The molecule has 0 aliphatic carbocycles. The third-order valence-electron chi connectivity index (χ3n) is 2.57. The highest BCUT2D eigenvalue weighted by Crippen LogP contribution is 2.29. The molecule has 0 fully saturated rings. The summed E-state index contributed by atoms with van der Waals surface area (Å²) in [5.74, 6) is 0. The highest BCUT2D eigenvalue weighted by molar-refractivity contribution is 7.89. The molecule has 0 radical (unpaired) electrons. The molecule has 0 unspecified atom stereocenters. The maximum atomic E-state index is 11.5. The maximum absolute atomic E-state index is 11.5. The van der Waals surface area contributed by atoms with Gasteiger partial charge in [0.2, 0.25) is 0 Å². The van der Waals surface area contributed by atoms with Gasteiger partial charge in [0.15, 0.2) is 0 Å². The first-order valence-electron chi connectivity index (χ1n) is 5.44. The molecule has 0 aromatic heterocycles. The minimum atomic E-state index is -4.83. The first-order chi connectivity index (χ1) is 9.12. The van der Waals surface area contributed by atoms with E-state index in [1.54, 1.807) is 0 Å². The molecular weight excluding hydrogens is 304 g/mol. The van der Waals surface area contributed by atoms with Gasteiger partial charge >= 0.3 is 0 Å². The van der Waals surface area contributed by atoms with Crippen molar-refractivity contribution in [3.05, 3.63) is 48.6 Å². The first-order valence-corrected chi connectivity index (χ1v) is 8.32. The third-order valence-corrected chi connectivity index (χ3v) is 4.58. The molecule has 1 aromatic rings. The Morgan fingerprint density at radius 1 is 0.950 bits per heavy atom. The lowest BCUT2D eigenvalue weighted by atomic mass is 10.0. The van der Waals surface area contributed by atoms with Gasteiger partial charge in [-0.3, -0.25) is 9.11 Å². The maximum Gasteiger partial charge on any atom is 0.296 e. The highest BCUT2D eigenvalue weighted by atomic mass is 32.2. The molecular formula is C12H14O6S2.